The molecule has 10 N–H and O–H groups in total. The maximum absolute atomic E-state index is 12.6. The Morgan fingerprint density at radius 2 is 1.72 bits per heavy atom. The highest BCUT2D eigenvalue weighted by Crippen LogP contribution is 2.29. The number of hydrogen-bond donors (Lipinski definition) is 9. The van der Waals surface area contributed by atoms with Crippen LogP contribution in [0.25, 0.3) is 0 Å². The monoisotopic (exact) mass is 523 g/mol. The van der Waals surface area contributed by atoms with Crippen molar-refractivity contribution in [2.24, 2.45) is 11.7 Å². The summed E-state index contributed by atoms with van der Waals surface area (Å²) in [7, 11) is 0. The van der Waals surface area contributed by atoms with Gasteiger partial charge in [0.05, 0.1) is 19.1 Å². The van der Waals surface area contributed by atoms with E-state index in [1.54, 1.807) is 13.8 Å². The number of amides is 2. The molecule has 2 heterocycles. The lowest BCUT2D eigenvalue weighted by atomic mass is 10.0. The second-order valence-electron chi connectivity index (χ2n) is 8.74. The van der Waals surface area contributed by atoms with Crippen molar-refractivity contribution >= 4 is 29.7 Å². The van der Waals surface area contributed by atoms with E-state index >= 15 is 0 Å². The van der Waals surface area contributed by atoms with Gasteiger partial charge in [-0.05, 0) is 18.8 Å². The number of carbonyl (C=O) groups excluding carboxylic acids is 2. The van der Waals surface area contributed by atoms with Gasteiger partial charge in [0.2, 0.25) is 11.8 Å². The third-order valence-electron chi connectivity index (χ3n) is 5.71. The van der Waals surface area contributed by atoms with Crippen molar-refractivity contribution in [2.45, 2.75) is 75.3 Å². The molecule has 2 amide bonds. The SMILES string of the molecule is CC(C)[C@H](NC(=O)[C@@H](N)CC(=O)O)C(=O)N1CCC[C@H]1C(=O)O.O=C(O)[C@@]1(O)O[C@@H](CO)[C@@H](O)[C@@H]1O. The van der Waals surface area contributed by atoms with Crippen molar-refractivity contribution in [1.82, 2.24) is 10.2 Å². The minimum Gasteiger partial charge on any atom is -0.481 e. The Hall–Kier alpha value is -2.89. The predicted molar refractivity (Wildman–Crippen MR) is 116 cm³/mol. The second-order valence-corrected chi connectivity index (χ2v) is 8.74. The summed E-state index contributed by atoms with van der Waals surface area (Å²) in [6.07, 6.45) is -4.48. The number of aliphatic carboxylic acids is 3. The number of nitrogens with two attached hydrogens (primary N) is 1. The first-order valence-corrected chi connectivity index (χ1v) is 11.0. The summed E-state index contributed by atoms with van der Waals surface area (Å²) >= 11 is 0. The van der Waals surface area contributed by atoms with Crippen LogP contribution in [0.15, 0.2) is 0 Å². The van der Waals surface area contributed by atoms with Crippen LogP contribution in [-0.2, 0) is 28.7 Å². The molecule has 36 heavy (non-hydrogen) atoms. The van der Waals surface area contributed by atoms with E-state index in [0.29, 0.717) is 19.4 Å². The number of aliphatic hydroxyl groups is 4. The van der Waals surface area contributed by atoms with Gasteiger partial charge in [-0.1, -0.05) is 13.8 Å². The average molecular weight is 523 g/mol. The Labute approximate surface area is 205 Å². The van der Waals surface area contributed by atoms with E-state index in [-0.39, 0.29) is 5.92 Å². The Balaban J connectivity index is 0.000000420. The second kappa shape index (κ2) is 12.9. The van der Waals surface area contributed by atoms with Crippen LogP contribution in [0.5, 0.6) is 0 Å². The predicted octanol–water partition coefficient (Wildman–Crippen LogP) is -4.12. The maximum Gasteiger partial charge on any atom is 0.367 e. The van der Waals surface area contributed by atoms with E-state index < -0.39 is 85.0 Å². The molecule has 16 nitrogen and oxygen atoms in total. The van der Waals surface area contributed by atoms with E-state index in [9.17, 15) is 24.0 Å². The van der Waals surface area contributed by atoms with Crippen LogP contribution in [0.2, 0.25) is 0 Å². The van der Waals surface area contributed by atoms with E-state index in [1.807, 2.05) is 0 Å². The van der Waals surface area contributed by atoms with Crippen molar-refractivity contribution in [2.75, 3.05) is 13.2 Å². The molecule has 0 unspecified atom stereocenters. The molecule has 206 valence electrons. The third-order valence-corrected chi connectivity index (χ3v) is 5.71. The zero-order valence-electron chi connectivity index (χ0n) is 19.7. The standard InChI is InChI=1S/C14H23N3O6.C6H10O7/c1-7(2)11(16-12(20)8(15)6-10(18)19)13(21)17-5-3-4-9(17)14(22)23;7-1-2-3(8)4(9)6(12,13-2)5(10)11/h7-9,11H,3-6,15H2,1-2H3,(H,16,20)(H,18,19)(H,22,23);2-4,7-9,12H,1H2,(H,10,11)/t8-,9-,11-;2-,3+,4-,6-/m00/s1. The first-order valence-electron chi connectivity index (χ1n) is 11.0. The number of aliphatic hydroxyl groups excluding tert-OH is 3. The zero-order valence-corrected chi connectivity index (χ0v) is 19.7. The summed E-state index contributed by atoms with van der Waals surface area (Å²) in [5.41, 5.74) is 5.48. The first-order chi connectivity index (χ1) is 16.6. The van der Waals surface area contributed by atoms with Crippen LogP contribution in [0.3, 0.4) is 0 Å². The molecular formula is C20H33N3O13. The van der Waals surface area contributed by atoms with Crippen molar-refractivity contribution in [3.63, 3.8) is 0 Å². The molecule has 0 spiro atoms. The molecule has 0 aromatic rings. The normalized spacial score (nSPS) is 29.2. The number of carboxylic acids is 3. The number of likely N-dealkylation sites (tertiary alicyclic amines) is 1. The molecule has 0 saturated carbocycles. The van der Waals surface area contributed by atoms with Crippen LogP contribution in [0.1, 0.15) is 33.1 Å². The Morgan fingerprint density at radius 3 is 2.11 bits per heavy atom. The summed E-state index contributed by atoms with van der Waals surface area (Å²) in [6.45, 7) is 3.04. The van der Waals surface area contributed by atoms with E-state index in [2.05, 4.69) is 10.1 Å². The van der Waals surface area contributed by atoms with E-state index in [4.69, 9.17) is 41.5 Å². The van der Waals surface area contributed by atoms with Crippen molar-refractivity contribution in [3.8, 4) is 0 Å². The highest BCUT2D eigenvalue weighted by Gasteiger charge is 2.58. The first kappa shape index (κ1) is 31.1. The van der Waals surface area contributed by atoms with Gasteiger partial charge in [-0.25, -0.2) is 9.59 Å². The Bertz CT molecular complexity index is 838. The lowest BCUT2D eigenvalue weighted by molar-refractivity contribution is -0.239. The zero-order chi connectivity index (χ0) is 28.0. The van der Waals surface area contributed by atoms with Gasteiger partial charge in [0, 0.05) is 6.54 Å². The number of nitrogens with zero attached hydrogens (tertiary/aromatic N) is 1. The lowest BCUT2D eigenvalue weighted by Gasteiger charge is -2.30. The summed E-state index contributed by atoms with van der Waals surface area (Å²) in [6, 6.07) is -3.11. The maximum atomic E-state index is 12.6. The molecule has 0 aromatic carbocycles. The van der Waals surface area contributed by atoms with Gasteiger partial charge in [0.25, 0.3) is 5.79 Å². The quantitative estimate of drug-likeness (QED) is 0.139. The summed E-state index contributed by atoms with van der Waals surface area (Å²) < 4.78 is 4.39. The van der Waals surface area contributed by atoms with Gasteiger partial charge >= 0.3 is 17.9 Å². The highest BCUT2D eigenvalue weighted by molar-refractivity contribution is 5.93. The van der Waals surface area contributed by atoms with Crippen LogP contribution < -0.4 is 11.1 Å². The van der Waals surface area contributed by atoms with Crippen LogP contribution >= 0.6 is 0 Å². The van der Waals surface area contributed by atoms with Crippen molar-refractivity contribution in [3.05, 3.63) is 0 Å². The van der Waals surface area contributed by atoms with Crippen LogP contribution in [-0.4, -0.2) is 126 Å². The summed E-state index contributed by atoms with van der Waals surface area (Å²) in [5.74, 6) is -8.47. The van der Waals surface area contributed by atoms with Gasteiger partial charge < -0.3 is 56.4 Å². The fourth-order valence-corrected chi connectivity index (χ4v) is 3.65. The average Bonchev–Trinajstić information content (AvgIpc) is 3.36. The summed E-state index contributed by atoms with van der Waals surface area (Å²) in [4.78, 5) is 58.0. The number of nitrogens with one attached hydrogen (secondary N) is 1. The molecule has 0 aromatic heterocycles. The molecule has 2 rings (SSSR count). The molecule has 2 saturated heterocycles. The topological polar surface area (TPSA) is 277 Å². The lowest BCUT2D eigenvalue weighted by Crippen LogP contribution is -2.56. The number of rotatable bonds is 9. The van der Waals surface area contributed by atoms with E-state index in [0.717, 1.165) is 0 Å². The summed E-state index contributed by atoms with van der Waals surface area (Å²) in [5, 5.41) is 64.6. The van der Waals surface area contributed by atoms with Crippen LogP contribution in [0.4, 0.5) is 0 Å². The van der Waals surface area contributed by atoms with Gasteiger partial charge in [0.15, 0.2) is 0 Å². The van der Waals surface area contributed by atoms with Crippen molar-refractivity contribution in [1.29, 1.82) is 0 Å². The molecule has 0 radical (unpaired) electrons. The van der Waals surface area contributed by atoms with Gasteiger partial charge in [-0.3, -0.25) is 14.4 Å². The number of carboxylic acid groups (broad SMARTS) is 3. The fourth-order valence-electron chi connectivity index (χ4n) is 3.65. The fraction of sp³-hybridized carbons (Fsp3) is 0.750. The third kappa shape index (κ3) is 7.31. The molecule has 2 aliphatic heterocycles. The molecule has 7 atom stereocenters. The molecule has 0 bridgehead atoms. The Morgan fingerprint density at radius 1 is 1.14 bits per heavy atom. The number of ether oxygens (including phenoxy) is 1. The molecule has 16 heteroatoms. The molecule has 2 aliphatic rings. The minimum absolute atomic E-state index is 0.293. The highest BCUT2D eigenvalue weighted by atomic mass is 16.7. The molecule has 0 aliphatic carbocycles. The number of hydrogen-bond acceptors (Lipinski definition) is 11. The smallest absolute Gasteiger partial charge is 0.367 e. The molecule has 2 fully saturated rings. The minimum atomic E-state index is -2.84. The van der Waals surface area contributed by atoms with Gasteiger partial charge in [-0.2, -0.15) is 0 Å². The van der Waals surface area contributed by atoms with Crippen LogP contribution in [0, 0.1) is 5.92 Å². The van der Waals surface area contributed by atoms with Crippen molar-refractivity contribution < 1.29 is 64.5 Å². The van der Waals surface area contributed by atoms with E-state index in [1.165, 1.54) is 4.90 Å². The van der Waals surface area contributed by atoms with Gasteiger partial charge in [-0.15, -0.1) is 0 Å². The largest absolute Gasteiger partial charge is 0.481 e. The Kier molecular flexibility index (Phi) is 11.1. The molecular weight excluding hydrogens is 490 g/mol. The van der Waals surface area contributed by atoms with Gasteiger partial charge in [0.1, 0.15) is 30.4 Å². The number of carbonyl (C=O) groups is 5.